The van der Waals surface area contributed by atoms with Crippen molar-refractivity contribution in [1.82, 2.24) is 24.7 Å². The van der Waals surface area contributed by atoms with Crippen LogP contribution in [0.3, 0.4) is 0 Å². The van der Waals surface area contributed by atoms with Gasteiger partial charge >= 0.3 is 0 Å². The number of hydrogen-bond acceptors (Lipinski definition) is 7. The number of anilines is 1. The van der Waals surface area contributed by atoms with Crippen molar-refractivity contribution in [3.05, 3.63) is 54.2 Å². The number of aliphatic imine (C=N–C) groups is 1. The van der Waals surface area contributed by atoms with Gasteiger partial charge in [-0.3, -0.25) is 14.5 Å². The normalized spacial score (nSPS) is 13.8. The molecule has 1 unspecified atom stereocenters. The maximum atomic E-state index is 12.7. The molecule has 1 atom stereocenters. The van der Waals surface area contributed by atoms with E-state index in [2.05, 4.69) is 25.0 Å². The van der Waals surface area contributed by atoms with E-state index in [-0.39, 0.29) is 17.7 Å². The fraction of sp³-hybridized carbons (Fsp3) is 0.364. The third kappa shape index (κ3) is 4.80. The number of amides is 1. The number of carbonyl (C=O) groups excluding carboxylic acids is 1. The van der Waals surface area contributed by atoms with Gasteiger partial charge in [0.25, 0.3) is 5.91 Å². The second kappa shape index (κ2) is 9.65. The lowest BCUT2D eigenvalue weighted by molar-refractivity contribution is 0.100. The lowest BCUT2D eigenvalue weighted by Crippen LogP contribution is -2.43. The van der Waals surface area contributed by atoms with Gasteiger partial charge in [0.1, 0.15) is 5.84 Å². The lowest BCUT2D eigenvalue weighted by atomic mass is 9.73. The van der Waals surface area contributed by atoms with E-state index in [9.17, 15) is 4.79 Å². The molecule has 168 valence electrons. The summed E-state index contributed by atoms with van der Waals surface area (Å²) in [4.78, 5) is 29.5. The van der Waals surface area contributed by atoms with Crippen molar-refractivity contribution in [1.29, 1.82) is 0 Å². The number of hydrogen-bond donors (Lipinski definition) is 2. The average Bonchev–Trinajstić information content (AvgIpc) is 3.26. The van der Waals surface area contributed by atoms with Crippen LogP contribution in [-0.2, 0) is 16.7 Å². The van der Waals surface area contributed by atoms with Crippen molar-refractivity contribution in [3.63, 3.8) is 0 Å². The lowest BCUT2D eigenvalue weighted by Gasteiger charge is -2.33. The monoisotopic (exact) mass is 436 g/mol. The van der Waals surface area contributed by atoms with Gasteiger partial charge in [0.05, 0.1) is 36.0 Å². The predicted molar refractivity (Wildman–Crippen MR) is 122 cm³/mol. The van der Waals surface area contributed by atoms with E-state index in [0.29, 0.717) is 24.4 Å². The molecule has 1 amide bonds. The third-order valence-corrected chi connectivity index (χ3v) is 5.64. The molecule has 0 radical (unpaired) electrons. The molecule has 0 fully saturated rings. The summed E-state index contributed by atoms with van der Waals surface area (Å²) in [6.07, 6.45) is 8.09. The number of amidine groups is 1. The van der Waals surface area contributed by atoms with Crippen LogP contribution < -0.4 is 11.5 Å². The molecule has 0 saturated heterocycles. The topological polar surface area (TPSA) is 147 Å². The molecule has 0 aromatic carbocycles. The maximum Gasteiger partial charge on any atom is 0.281 e. The van der Waals surface area contributed by atoms with Crippen LogP contribution in [0.15, 0.2) is 48.1 Å². The Morgan fingerprint density at radius 1 is 1.19 bits per heavy atom. The van der Waals surface area contributed by atoms with E-state index >= 15 is 0 Å². The summed E-state index contributed by atoms with van der Waals surface area (Å²) in [5.41, 5.74) is 13.9. The first kappa shape index (κ1) is 23.0. The van der Waals surface area contributed by atoms with Gasteiger partial charge in [-0.25, -0.2) is 9.97 Å². The minimum atomic E-state index is -0.704. The molecule has 10 heteroatoms. The summed E-state index contributed by atoms with van der Waals surface area (Å²) in [7, 11) is 1.61. The Morgan fingerprint density at radius 2 is 1.91 bits per heavy atom. The zero-order chi connectivity index (χ0) is 23.3. The van der Waals surface area contributed by atoms with E-state index in [1.807, 2.05) is 32.9 Å². The quantitative estimate of drug-likeness (QED) is 0.403. The summed E-state index contributed by atoms with van der Waals surface area (Å²) in [5.74, 6) is 0.0285. The van der Waals surface area contributed by atoms with Gasteiger partial charge in [-0.2, -0.15) is 10.1 Å². The Kier molecular flexibility index (Phi) is 6.94. The molecule has 3 aromatic heterocycles. The van der Waals surface area contributed by atoms with E-state index in [1.165, 1.54) is 6.20 Å². The van der Waals surface area contributed by atoms with Crippen molar-refractivity contribution in [2.24, 2.45) is 16.6 Å². The smallest absolute Gasteiger partial charge is 0.281 e. The number of pyridine rings is 1. The molecular formula is C22H28N8O2. The Balaban J connectivity index is 1.87. The van der Waals surface area contributed by atoms with Gasteiger partial charge in [0, 0.05) is 37.5 Å². The number of nitrogen functional groups attached to an aromatic ring is 1. The van der Waals surface area contributed by atoms with Crippen LogP contribution in [0, 0.1) is 5.92 Å². The zero-order valence-electron chi connectivity index (χ0n) is 18.7. The largest absolute Gasteiger partial charge is 0.386 e. The highest BCUT2D eigenvalue weighted by Crippen LogP contribution is 2.33. The first-order valence-electron chi connectivity index (χ1n) is 10.2. The van der Waals surface area contributed by atoms with Gasteiger partial charge < -0.3 is 16.2 Å². The molecule has 0 aliphatic heterocycles. The van der Waals surface area contributed by atoms with Crippen LogP contribution in [0.2, 0.25) is 0 Å². The number of methoxy groups -OCH3 is 1. The summed E-state index contributed by atoms with van der Waals surface area (Å²) in [5, 5.41) is 4.16. The highest BCUT2D eigenvalue weighted by Gasteiger charge is 2.36. The van der Waals surface area contributed by atoms with E-state index < -0.39 is 11.3 Å². The van der Waals surface area contributed by atoms with E-state index in [1.54, 1.807) is 36.6 Å². The number of aromatic nitrogens is 5. The summed E-state index contributed by atoms with van der Waals surface area (Å²) < 4.78 is 6.66. The summed E-state index contributed by atoms with van der Waals surface area (Å²) >= 11 is 0. The van der Waals surface area contributed by atoms with E-state index in [4.69, 9.17) is 16.2 Å². The Labute approximate surface area is 186 Å². The third-order valence-electron chi connectivity index (χ3n) is 5.64. The minimum Gasteiger partial charge on any atom is -0.386 e. The van der Waals surface area contributed by atoms with Crippen LogP contribution in [-0.4, -0.2) is 50.2 Å². The molecule has 0 saturated carbocycles. The number of nitrogens with zero attached hydrogens (tertiary/aromatic N) is 6. The van der Waals surface area contributed by atoms with Crippen molar-refractivity contribution in [3.8, 4) is 11.3 Å². The fourth-order valence-corrected chi connectivity index (χ4v) is 3.19. The SMILES string of the molecule is COCCn1cc(C(=O)N=C(N)C(C)(c2ccc(-c3cnc(N)nc3)nc2)C(C)C)cn1. The molecule has 0 aliphatic carbocycles. The van der Waals surface area contributed by atoms with Gasteiger partial charge in [-0.05, 0) is 24.5 Å². The van der Waals surface area contributed by atoms with Crippen molar-refractivity contribution in [2.45, 2.75) is 32.7 Å². The van der Waals surface area contributed by atoms with E-state index in [0.717, 1.165) is 11.1 Å². The molecule has 3 aromatic rings. The molecule has 0 aliphatic rings. The van der Waals surface area contributed by atoms with Crippen LogP contribution >= 0.6 is 0 Å². The fourth-order valence-electron chi connectivity index (χ4n) is 3.19. The molecule has 3 heterocycles. The molecule has 0 bridgehead atoms. The molecule has 4 N–H and O–H groups in total. The van der Waals surface area contributed by atoms with Gasteiger partial charge in [0.15, 0.2) is 0 Å². The molecule has 0 spiro atoms. The summed E-state index contributed by atoms with van der Waals surface area (Å²) in [6, 6.07) is 3.79. The molecule has 3 rings (SSSR count). The number of ether oxygens (including phenoxy) is 1. The van der Waals surface area contributed by atoms with Crippen molar-refractivity contribution in [2.75, 3.05) is 19.5 Å². The van der Waals surface area contributed by atoms with Gasteiger partial charge in [-0.15, -0.1) is 0 Å². The second-order valence-electron chi connectivity index (χ2n) is 7.91. The number of rotatable bonds is 8. The highest BCUT2D eigenvalue weighted by molar-refractivity contribution is 6.05. The summed E-state index contributed by atoms with van der Waals surface area (Å²) in [6.45, 7) is 7.05. The first-order valence-corrected chi connectivity index (χ1v) is 10.2. The zero-order valence-corrected chi connectivity index (χ0v) is 18.7. The number of nitrogens with two attached hydrogens (primary N) is 2. The van der Waals surface area contributed by atoms with Crippen molar-refractivity contribution < 1.29 is 9.53 Å². The predicted octanol–water partition coefficient (Wildman–Crippen LogP) is 2.07. The van der Waals surface area contributed by atoms with Crippen LogP contribution in [0.25, 0.3) is 11.3 Å². The van der Waals surface area contributed by atoms with Crippen LogP contribution in [0.4, 0.5) is 5.95 Å². The Morgan fingerprint density at radius 3 is 2.50 bits per heavy atom. The molecule has 32 heavy (non-hydrogen) atoms. The van der Waals surface area contributed by atoms with Crippen LogP contribution in [0.5, 0.6) is 0 Å². The van der Waals surface area contributed by atoms with Gasteiger partial charge in [-0.1, -0.05) is 19.9 Å². The maximum absolute atomic E-state index is 12.7. The number of carbonyl (C=O) groups is 1. The molecule has 10 nitrogen and oxygen atoms in total. The average molecular weight is 437 g/mol. The van der Waals surface area contributed by atoms with Crippen LogP contribution in [0.1, 0.15) is 36.7 Å². The van der Waals surface area contributed by atoms with Crippen molar-refractivity contribution >= 4 is 17.7 Å². The minimum absolute atomic E-state index is 0.0518. The van der Waals surface area contributed by atoms with Gasteiger partial charge in [0.2, 0.25) is 5.95 Å². The molecular weight excluding hydrogens is 408 g/mol. The standard InChI is InChI=1S/C22H28N8O2/c1-14(2)22(3,17-5-6-18(25-12-17)15-9-26-21(24)27-10-15)20(23)29-19(31)16-11-28-30(13-16)7-8-32-4/h5-6,9-14H,7-8H2,1-4H3,(H2,23,29,31)(H2,24,26,27). The first-order chi connectivity index (χ1) is 15.3. The highest BCUT2D eigenvalue weighted by atomic mass is 16.5. The Hall–Kier alpha value is -3.66. The Bertz CT molecular complexity index is 1090. The second-order valence-corrected chi connectivity index (χ2v) is 7.91.